The van der Waals surface area contributed by atoms with Crippen molar-refractivity contribution in [2.45, 2.75) is 33.9 Å². The molecule has 2 rings (SSSR count). The highest BCUT2D eigenvalue weighted by Gasteiger charge is 2.11. The Bertz CT molecular complexity index is 573. The summed E-state index contributed by atoms with van der Waals surface area (Å²) in [5.41, 5.74) is 4.23. The molecule has 1 aromatic carbocycles. The molecule has 5 heteroatoms. The van der Waals surface area contributed by atoms with Crippen LogP contribution < -0.4 is 5.32 Å². The molecule has 0 spiro atoms. The molecule has 3 nitrogen and oxygen atoms in total. The Morgan fingerprint density at radius 3 is 2.53 bits per heavy atom. The molecule has 0 aliphatic rings. The highest BCUT2D eigenvalue weighted by atomic mass is 35.5. The van der Waals surface area contributed by atoms with Crippen molar-refractivity contribution >= 4 is 11.6 Å². The van der Waals surface area contributed by atoms with Crippen LogP contribution in [0.15, 0.2) is 12.1 Å². The van der Waals surface area contributed by atoms with Gasteiger partial charge in [0.1, 0.15) is 5.82 Å². The molecule has 0 aliphatic heterocycles. The molecular formula is C14H17ClFN3. The Hall–Kier alpha value is -1.39. The van der Waals surface area contributed by atoms with Gasteiger partial charge in [-0.2, -0.15) is 5.10 Å². The minimum Gasteiger partial charge on any atom is -0.308 e. The fourth-order valence-electron chi connectivity index (χ4n) is 2.02. The summed E-state index contributed by atoms with van der Waals surface area (Å²) in [5, 5.41) is 10.7. The van der Waals surface area contributed by atoms with Crippen LogP contribution in [0.5, 0.6) is 0 Å². The number of H-pyrrole nitrogens is 1. The third kappa shape index (κ3) is 2.96. The normalized spacial score (nSPS) is 11.0. The van der Waals surface area contributed by atoms with E-state index in [4.69, 9.17) is 11.6 Å². The van der Waals surface area contributed by atoms with E-state index < -0.39 is 0 Å². The molecule has 2 aromatic rings. The molecule has 0 bridgehead atoms. The summed E-state index contributed by atoms with van der Waals surface area (Å²) in [6, 6.07) is 3.41. The molecule has 1 heterocycles. The Kier molecular flexibility index (Phi) is 4.22. The molecule has 0 unspecified atom stereocenters. The lowest BCUT2D eigenvalue weighted by molar-refractivity contribution is 0.580. The van der Waals surface area contributed by atoms with Crippen LogP contribution in [0, 0.1) is 26.6 Å². The molecule has 0 aliphatic carbocycles. The number of nitrogens with zero attached hydrogens (tertiary/aromatic N) is 1. The van der Waals surface area contributed by atoms with Crippen LogP contribution >= 0.6 is 11.6 Å². The number of rotatable bonds is 4. The van der Waals surface area contributed by atoms with Crippen LogP contribution in [0.1, 0.15) is 28.1 Å². The highest BCUT2D eigenvalue weighted by molar-refractivity contribution is 6.31. The highest BCUT2D eigenvalue weighted by Crippen LogP contribution is 2.22. The van der Waals surface area contributed by atoms with Crippen molar-refractivity contribution < 1.29 is 4.39 Å². The molecule has 0 saturated heterocycles. The first-order valence-electron chi connectivity index (χ1n) is 6.15. The Morgan fingerprint density at radius 2 is 1.89 bits per heavy atom. The van der Waals surface area contributed by atoms with Gasteiger partial charge in [0.25, 0.3) is 0 Å². The fourth-order valence-corrected chi connectivity index (χ4v) is 2.24. The molecule has 0 atom stereocenters. The van der Waals surface area contributed by atoms with E-state index in [0.29, 0.717) is 29.2 Å². The number of aromatic amines is 1. The number of aryl methyl sites for hydroxylation is 3. The number of hydrogen-bond donors (Lipinski definition) is 2. The fraction of sp³-hybridized carbons (Fsp3) is 0.357. The Balaban J connectivity index is 2.06. The van der Waals surface area contributed by atoms with E-state index in [1.165, 1.54) is 0 Å². The second kappa shape index (κ2) is 5.72. The zero-order valence-corrected chi connectivity index (χ0v) is 12.0. The van der Waals surface area contributed by atoms with Crippen LogP contribution in [0.2, 0.25) is 5.02 Å². The monoisotopic (exact) mass is 281 g/mol. The van der Waals surface area contributed by atoms with E-state index in [1.54, 1.807) is 19.1 Å². The summed E-state index contributed by atoms with van der Waals surface area (Å²) in [4.78, 5) is 0. The largest absolute Gasteiger partial charge is 0.308 e. The molecule has 0 fully saturated rings. The van der Waals surface area contributed by atoms with Crippen LogP contribution in [0.4, 0.5) is 4.39 Å². The van der Waals surface area contributed by atoms with Crippen LogP contribution in [-0.2, 0) is 13.1 Å². The van der Waals surface area contributed by atoms with Gasteiger partial charge >= 0.3 is 0 Å². The summed E-state index contributed by atoms with van der Waals surface area (Å²) in [7, 11) is 0. The third-order valence-electron chi connectivity index (χ3n) is 3.26. The van der Waals surface area contributed by atoms with E-state index in [2.05, 4.69) is 15.5 Å². The van der Waals surface area contributed by atoms with Crippen molar-refractivity contribution in [1.82, 2.24) is 15.5 Å². The SMILES string of the molecule is Cc1ccc(Cl)c(CNCc2c(C)n[nH]c2C)c1F. The number of nitrogens with one attached hydrogen (secondary N) is 2. The van der Waals surface area contributed by atoms with Gasteiger partial charge in [0.05, 0.1) is 5.69 Å². The number of benzene rings is 1. The molecule has 0 radical (unpaired) electrons. The van der Waals surface area contributed by atoms with E-state index in [1.807, 2.05) is 13.8 Å². The first-order valence-corrected chi connectivity index (χ1v) is 6.53. The first kappa shape index (κ1) is 14.0. The van der Waals surface area contributed by atoms with Crippen molar-refractivity contribution in [3.8, 4) is 0 Å². The summed E-state index contributed by atoms with van der Waals surface area (Å²) in [5.74, 6) is -0.236. The van der Waals surface area contributed by atoms with Gasteiger partial charge in [-0.1, -0.05) is 17.7 Å². The second-order valence-electron chi connectivity index (χ2n) is 4.67. The van der Waals surface area contributed by atoms with Gasteiger partial charge in [-0.25, -0.2) is 4.39 Å². The van der Waals surface area contributed by atoms with Gasteiger partial charge in [0.15, 0.2) is 0 Å². The van der Waals surface area contributed by atoms with E-state index >= 15 is 0 Å². The van der Waals surface area contributed by atoms with Crippen LogP contribution in [-0.4, -0.2) is 10.2 Å². The minimum absolute atomic E-state index is 0.236. The van der Waals surface area contributed by atoms with Crippen molar-refractivity contribution in [1.29, 1.82) is 0 Å². The van der Waals surface area contributed by atoms with Gasteiger partial charge in [-0.05, 0) is 32.4 Å². The quantitative estimate of drug-likeness (QED) is 0.901. The van der Waals surface area contributed by atoms with E-state index in [-0.39, 0.29) is 5.82 Å². The molecule has 0 saturated carbocycles. The zero-order valence-electron chi connectivity index (χ0n) is 11.3. The maximum atomic E-state index is 13.9. The van der Waals surface area contributed by atoms with Crippen molar-refractivity contribution in [2.75, 3.05) is 0 Å². The maximum absolute atomic E-state index is 13.9. The lowest BCUT2D eigenvalue weighted by atomic mass is 10.1. The Morgan fingerprint density at radius 1 is 1.21 bits per heavy atom. The van der Waals surface area contributed by atoms with Gasteiger partial charge < -0.3 is 5.32 Å². The number of aromatic nitrogens is 2. The van der Waals surface area contributed by atoms with Gasteiger partial charge in [-0.3, -0.25) is 5.10 Å². The van der Waals surface area contributed by atoms with E-state index in [9.17, 15) is 4.39 Å². The molecule has 2 N–H and O–H groups in total. The summed E-state index contributed by atoms with van der Waals surface area (Å²) in [6.07, 6.45) is 0. The minimum atomic E-state index is -0.236. The molecule has 1 aromatic heterocycles. The van der Waals surface area contributed by atoms with Crippen molar-refractivity contribution in [3.63, 3.8) is 0 Å². The number of hydrogen-bond acceptors (Lipinski definition) is 2. The van der Waals surface area contributed by atoms with Gasteiger partial charge in [0, 0.05) is 34.9 Å². The molecular weight excluding hydrogens is 265 g/mol. The van der Waals surface area contributed by atoms with Crippen molar-refractivity contribution in [2.24, 2.45) is 0 Å². The Labute approximate surface area is 117 Å². The van der Waals surface area contributed by atoms with Crippen LogP contribution in [0.3, 0.4) is 0 Å². The van der Waals surface area contributed by atoms with Gasteiger partial charge in [-0.15, -0.1) is 0 Å². The topological polar surface area (TPSA) is 40.7 Å². The lowest BCUT2D eigenvalue weighted by Crippen LogP contribution is -2.15. The lowest BCUT2D eigenvalue weighted by Gasteiger charge is -2.10. The molecule has 102 valence electrons. The predicted molar refractivity (Wildman–Crippen MR) is 74.8 cm³/mol. The standard InChI is InChI=1S/C14H17ClFN3/c1-8-4-5-13(15)12(14(8)16)7-17-6-11-9(2)18-19-10(11)3/h4-5,17H,6-7H2,1-3H3,(H,18,19). The average Bonchev–Trinajstić information content (AvgIpc) is 2.69. The molecule has 19 heavy (non-hydrogen) atoms. The maximum Gasteiger partial charge on any atom is 0.132 e. The summed E-state index contributed by atoms with van der Waals surface area (Å²) < 4.78 is 13.9. The summed E-state index contributed by atoms with van der Waals surface area (Å²) >= 11 is 6.03. The van der Waals surface area contributed by atoms with Crippen molar-refractivity contribution in [3.05, 3.63) is 51.1 Å². The predicted octanol–water partition coefficient (Wildman–Crippen LogP) is 3.42. The third-order valence-corrected chi connectivity index (χ3v) is 3.62. The average molecular weight is 282 g/mol. The first-order chi connectivity index (χ1) is 9.00. The number of halogens is 2. The van der Waals surface area contributed by atoms with Crippen LogP contribution in [0.25, 0.3) is 0 Å². The smallest absolute Gasteiger partial charge is 0.132 e. The summed E-state index contributed by atoms with van der Waals surface area (Å²) in [6.45, 7) is 6.69. The zero-order chi connectivity index (χ0) is 14.0. The van der Waals surface area contributed by atoms with Gasteiger partial charge in [0.2, 0.25) is 0 Å². The second-order valence-corrected chi connectivity index (χ2v) is 5.08. The molecule has 0 amide bonds. The van der Waals surface area contributed by atoms with E-state index in [0.717, 1.165) is 17.0 Å².